The fourth-order valence-electron chi connectivity index (χ4n) is 4.00. The molecule has 2 heterocycles. The molecule has 0 saturated carbocycles. The standard InChI is InChI=1S/C21H28O4S/c1-3-5-17-14-26(23,24)20-13-25-19(21(17)20)11-8-15(4-2)12-16-6-9-18(22)10-7-16/h6-7,9-10,12,19-20,22H,3-5,8,11,13-14H2,1-2H3/b15-12+/t19-,20+/m1/s1. The lowest BCUT2D eigenvalue weighted by Gasteiger charge is -2.15. The van der Waals surface area contributed by atoms with Gasteiger partial charge in [-0.2, -0.15) is 0 Å². The lowest BCUT2D eigenvalue weighted by Crippen LogP contribution is -2.19. The molecule has 2 atom stereocenters. The van der Waals surface area contributed by atoms with Gasteiger partial charge in [-0.3, -0.25) is 0 Å². The maximum absolute atomic E-state index is 12.4. The molecule has 1 aromatic carbocycles. The predicted octanol–water partition coefficient (Wildman–Crippen LogP) is 4.26. The van der Waals surface area contributed by atoms with Crippen LogP contribution >= 0.6 is 0 Å². The third-order valence-electron chi connectivity index (χ3n) is 5.36. The average molecular weight is 377 g/mol. The van der Waals surface area contributed by atoms with Crippen molar-refractivity contribution in [2.45, 2.75) is 57.3 Å². The molecule has 0 amide bonds. The van der Waals surface area contributed by atoms with Crippen LogP contribution in [0.3, 0.4) is 0 Å². The van der Waals surface area contributed by atoms with Crippen molar-refractivity contribution in [3.05, 3.63) is 46.5 Å². The van der Waals surface area contributed by atoms with Gasteiger partial charge in [-0.05, 0) is 49.0 Å². The van der Waals surface area contributed by atoms with Crippen LogP contribution < -0.4 is 0 Å². The molecule has 142 valence electrons. The van der Waals surface area contributed by atoms with Crippen molar-refractivity contribution < 1.29 is 18.3 Å². The maximum atomic E-state index is 12.4. The van der Waals surface area contributed by atoms with Crippen LogP contribution in [0.25, 0.3) is 6.08 Å². The second-order valence-electron chi connectivity index (χ2n) is 7.21. The monoisotopic (exact) mass is 376 g/mol. The maximum Gasteiger partial charge on any atom is 0.163 e. The van der Waals surface area contributed by atoms with Crippen molar-refractivity contribution in [1.29, 1.82) is 0 Å². The summed E-state index contributed by atoms with van der Waals surface area (Å²) in [7, 11) is -3.06. The van der Waals surface area contributed by atoms with Gasteiger partial charge in [0.2, 0.25) is 0 Å². The number of phenolic OH excluding ortho intramolecular Hbond substituents is 1. The minimum Gasteiger partial charge on any atom is -0.508 e. The fourth-order valence-corrected chi connectivity index (χ4v) is 5.99. The molecule has 0 aliphatic carbocycles. The van der Waals surface area contributed by atoms with E-state index < -0.39 is 15.1 Å². The van der Waals surface area contributed by atoms with Crippen LogP contribution in [0.4, 0.5) is 0 Å². The van der Waals surface area contributed by atoms with Crippen LogP contribution in [0.1, 0.15) is 51.5 Å². The van der Waals surface area contributed by atoms with Gasteiger partial charge < -0.3 is 9.84 Å². The van der Waals surface area contributed by atoms with E-state index in [1.54, 1.807) is 12.1 Å². The minimum absolute atomic E-state index is 0.0615. The molecule has 1 saturated heterocycles. The molecule has 1 N–H and O–H groups in total. The summed E-state index contributed by atoms with van der Waals surface area (Å²) in [5.74, 6) is 0.494. The molecule has 1 fully saturated rings. The van der Waals surface area contributed by atoms with Crippen molar-refractivity contribution in [3.8, 4) is 5.75 Å². The minimum atomic E-state index is -3.06. The van der Waals surface area contributed by atoms with Gasteiger partial charge in [0.1, 0.15) is 11.0 Å². The third kappa shape index (κ3) is 4.04. The number of allylic oxidation sites excluding steroid dienone is 1. The van der Waals surface area contributed by atoms with Crippen LogP contribution in [0, 0.1) is 0 Å². The Morgan fingerprint density at radius 2 is 2.00 bits per heavy atom. The molecule has 5 heteroatoms. The van der Waals surface area contributed by atoms with E-state index in [0.717, 1.165) is 48.8 Å². The second kappa shape index (κ2) is 7.97. The Morgan fingerprint density at radius 1 is 1.27 bits per heavy atom. The van der Waals surface area contributed by atoms with E-state index in [-0.39, 0.29) is 17.6 Å². The van der Waals surface area contributed by atoms with Crippen molar-refractivity contribution in [2.24, 2.45) is 0 Å². The van der Waals surface area contributed by atoms with Gasteiger partial charge in [0.15, 0.2) is 9.84 Å². The highest BCUT2D eigenvalue weighted by Crippen LogP contribution is 2.40. The Bertz CT molecular complexity index is 803. The summed E-state index contributed by atoms with van der Waals surface area (Å²) in [5, 5.41) is 9.00. The van der Waals surface area contributed by atoms with Crippen molar-refractivity contribution in [1.82, 2.24) is 0 Å². The molecule has 0 radical (unpaired) electrons. The van der Waals surface area contributed by atoms with Gasteiger partial charge in [0.05, 0.1) is 18.5 Å². The highest BCUT2D eigenvalue weighted by Gasteiger charge is 2.46. The van der Waals surface area contributed by atoms with E-state index in [1.807, 2.05) is 12.1 Å². The van der Waals surface area contributed by atoms with Crippen LogP contribution in [0.2, 0.25) is 0 Å². The third-order valence-corrected chi connectivity index (χ3v) is 7.36. The molecule has 0 unspecified atom stereocenters. The van der Waals surface area contributed by atoms with Crippen molar-refractivity contribution in [2.75, 3.05) is 12.4 Å². The quantitative estimate of drug-likeness (QED) is 0.722. The predicted molar refractivity (Wildman–Crippen MR) is 105 cm³/mol. The van der Waals surface area contributed by atoms with E-state index in [0.29, 0.717) is 6.61 Å². The molecular weight excluding hydrogens is 348 g/mol. The zero-order chi connectivity index (χ0) is 18.7. The number of hydrogen-bond acceptors (Lipinski definition) is 4. The van der Waals surface area contributed by atoms with Crippen LogP contribution in [0.5, 0.6) is 5.75 Å². The number of aromatic hydroxyl groups is 1. The van der Waals surface area contributed by atoms with Gasteiger partial charge >= 0.3 is 0 Å². The van der Waals surface area contributed by atoms with E-state index in [2.05, 4.69) is 19.9 Å². The van der Waals surface area contributed by atoms with Gasteiger partial charge in [-0.25, -0.2) is 8.42 Å². The summed E-state index contributed by atoms with van der Waals surface area (Å²) in [5.41, 5.74) is 4.54. The van der Waals surface area contributed by atoms with Gasteiger partial charge in [0, 0.05) is 0 Å². The fraction of sp³-hybridized carbons (Fsp3) is 0.524. The molecule has 0 bridgehead atoms. The first kappa shape index (κ1) is 19.2. The van der Waals surface area contributed by atoms with E-state index in [1.165, 1.54) is 5.57 Å². The van der Waals surface area contributed by atoms with E-state index in [4.69, 9.17) is 4.74 Å². The highest BCUT2D eigenvalue weighted by molar-refractivity contribution is 7.92. The molecule has 4 nitrogen and oxygen atoms in total. The Balaban J connectivity index is 1.72. The molecule has 0 aromatic heterocycles. The molecule has 26 heavy (non-hydrogen) atoms. The van der Waals surface area contributed by atoms with E-state index in [9.17, 15) is 13.5 Å². The number of rotatable bonds is 7. The first-order chi connectivity index (χ1) is 12.4. The van der Waals surface area contributed by atoms with E-state index >= 15 is 0 Å². The van der Waals surface area contributed by atoms with Gasteiger partial charge in [-0.1, -0.05) is 49.6 Å². The topological polar surface area (TPSA) is 63.6 Å². The molecule has 0 spiro atoms. The number of phenols is 1. The first-order valence-electron chi connectivity index (χ1n) is 9.48. The zero-order valence-electron chi connectivity index (χ0n) is 15.6. The number of benzene rings is 1. The normalized spacial score (nSPS) is 24.9. The summed E-state index contributed by atoms with van der Waals surface area (Å²) in [6.45, 7) is 4.54. The number of sulfone groups is 1. The largest absolute Gasteiger partial charge is 0.508 e. The Morgan fingerprint density at radius 3 is 2.65 bits per heavy atom. The Labute approximate surface area is 156 Å². The molecule has 3 rings (SSSR count). The molecule has 2 aliphatic rings. The first-order valence-corrected chi connectivity index (χ1v) is 11.2. The van der Waals surface area contributed by atoms with Crippen LogP contribution in [-0.4, -0.2) is 37.2 Å². The van der Waals surface area contributed by atoms with Gasteiger partial charge in [-0.15, -0.1) is 0 Å². The molecule has 1 aromatic rings. The lowest BCUT2D eigenvalue weighted by molar-refractivity contribution is 0.117. The number of ether oxygens (including phenoxy) is 1. The molecule has 2 aliphatic heterocycles. The van der Waals surface area contributed by atoms with Gasteiger partial charge in [0.25, 0.3) is 0 Å². The van der Waals surface area contributed by atoms with Crippen molar-refractivity contribution in [3.63, 3.8) is 0 Å². The van der Waals surface area contributed by atoms with Crippen LogP contribution in [-0.2, 0) is 14.6 Å². The van der Waals surface area contributed by atoms with Crippen molar-refractivity contribution >= 4 is 15.9 Å². The summed E-state index contributed by atoms with van der Waals surface area (Å²) in [6.07, 6.45) is 6.57. The Kier molecular flexibility index (Phi) is 5.88. The smallest absolute Gasteiger partial charge is 0.163 e. The summed E-state index contributed by atoms with van der Waals surface area (Å²) in [6, 6.07) is 7.18. The number of hydrogen-bond donors (Lipinski definition) is 1. The Hall–Kier alpha value is -1.59. The zero-order valence-corrected chi connectivity index (χ0v) is 16.4. The van der Waals surface area contributed by atoms with Crippen LogP contribution in [0.15, 0.2) is 41.0 Å². The average Bonchev–Trinajstić information content (AvgIpc) is 3.14. The second-order valence-corrected chi connectivity index (χ2v) is 9.40. The summed E-state index contributed by atoms with van der Waals surface area (Å²) in [4.78, 5) is 0. The molecular formula is C21H28O4S. The lowest BCUT2D eigenvalue weighted by atomic mass is 9.94. The number of fused-ring (bicyclic) bond motifs is 1. The summed E-state index contributed by atoms with van der Waals surface area (Å²) >= 11 is 0. The SMILES string of the molecule is CCCC1=C2[C@@H](CC/C(=C/c3ccc(O)cc3)CC)OC[C@@H]2S(=O)(=O)C1. The highest BCUT2D eigenvalue weighted by atomic mass is 32.2. The summed E-state index contributed by atoms with van der Waals surface area (Å²) < 4.78 is 30.7.